The van der Waals surface area contributed by atoms with Crippen molar-refractivity contribution in [2.24, 2.45) is 0 Å². The Labute approximate surface area is 110 Å². The molecule has 0 radical (unpaired) electrons. The van der Waals surface area contributed by atoms with Crippen LogP contribution in [-0.2, 0) is 5.75 Å². The SMILES string of the molecule is COc1ccc(C#N)cc1CSc1ccncc1. The van der Waals surface area contributed by atoms with Crippen molar-refractivity contribution in [3.8, 4) is 11.8 Å². The number of hydrogen-bond acceptors (Lipinski definition) is 4. The fourth-order valence-electron chi connectivity index (χ4n) is 1.56. The summed E-state index contributed by atoms with van der Waals surface area (Å²) in [5.41, 5.74) is 1.68. The summed E-state index contributed by atoms with van der Waals surface area (Å²) in [6.45, 7) is 0. The van der Waals surface area contributed by atoms with E-state index in [2.05, 4.69) is 11.1 Å². The second-order valence-electron chi connectivity index (χ2n) is 3.61. The summed E-state index contributed by atoms with van der Waals surface area (Å²) in [4.78, 5) is 5.13. The van der Waals surface area contributed by atoms with Crippen LogP contribution in [0.5, 0.6) is 5.75 Å². The third kappa shape index (κ3) is 3.02. The predicted octanol–water partition coefficient (Wildman–Crippen LogP) is 3.25. The van der Waals surface area contributed by atoms with E-state index in [0.29, 0.717) is 5.56 Å². The smallest absolute Gasteiger partial charge is 0.122 e. The number of nitrogens with zero attached hydrogens (tertiary/aromatic N) is 2. The lowest BCUT2D eigenvalue weighted by Gasteiger charge is -2.08. The maximum absolute atomic E-state index is 8.91. The molecule has 1 aromatic carbocycles. The monoisotopic (exact) mass is 256 g/mol. The van der Waals surface area contributed by atoms with Gasteiger partial charge in [0.25, 0.3) is 0 Å². The second kappa shape index (κ2) is 6.08. The van der Waals surface area contributed by atoms with Crippen molar-refractivity contribution in [1.82, 2.24) is 4.98 Å². The third-order valence-corrected chi connectivity index (χ3v) is 3.51. The van der Waals surface area contributed by atoms with Crippen LogP contribution in [0.15, 0.2) is 47.6 Å². The number of pyridine rings is 1. The van der Waals surface area contributed by atoms with E-state index in [-0.39, 0.29) is 0 Å². The van der Waals surface area contributed by atoms with Gasteiger partial charge in [0.2, 0.25) is 0 Å². The first kappa shape index (κ1) is 12.5. The average Bonchev–Trinajstić information content (AvgIpc) is 2.45. The average molecular weight is 256 g/mol. The number of nitriles is 1. The first-order valence-electron chi connectivity index (χ1n) is 5.43. The van der Waals surface area contributed by atoms with Gasteiger partial charge in [-0.2, -0.15) is 5.26 Å². The van der Waals surface area contributed by atoms with Crippen LogP contribution in [0.3, 0.4) is 0 Å². The van der Waals surface area contributed by atoms with Gasteiger partial charge in [0.05, 0.1) is 18.7 Å². The Morgan fingerprint density at radius 1 is 1.28 bits per heavy atom. The minimum atomic E-state index is 0.654. The zero-order valence-electron chi connectivity index (χ0n) is 9.96. The highest BCUT2D eigenvalue weighted by atomic mass is 32.2. The Morgan fingerprint density at radius 3 is 2.72 bits per heavy atom. The molecule has 3 nitrogen and oxygen atoms in total. The molecule has 2 aromatic rings. The van der Waals surface area contributed by atoms with E-state index in [1.165, 1.54) is 0 Å². The summed E-state index contributed by atoms with van der Waals surface area (Å²) in [7, 11) is 1.64. The molecule has 0 aliphatic heterocycles. The van der Waals surface area contributed by atoms with Gasteiger partial charge in [0, 0.05) is 28.6 Å². The van der Waals surface area contributed by atoms with Crippen LogP contribution in [0.25, 0.3) is 0 Å². The molecule has 1 aromatic heterocycles. The molecule has 90 valence electrons. The van der Waals surface area contributed by atoms with Crippen LogP contribution in [-0.4, -0.2) is 12.1 Å². The van der Waals surface area contributed by atoms with Crippen molar-refractivity contribution in [3.05, 3.63) is 53.9 Å². The predicted molar refractivity (Wildman–Crippen MR) is 71.5 cm³/mol. The molecule has 0 spiro atoms. The van der Waals surface area contributed by atoms with Gasteiger partial charge < -0.3 is 4.74 Å². The number of methoxy groups -OCH3 is 1. The molecule has 0 fully saturated rings. The third-order valence-electron chi connectivity index (χ3n) is 2.45. The lowest BCUT2D eigenvalue weighted by molar-refractivity contribution is 0.411. The summed E-state index contributed by atoms with van der Waals surface area (Å²) in [5.74, 6) is 1.58. The molecular formula is C14H12N2OS. The molecule has 0 aliphatic carbocycles. The van der Waals surface area contributed by atoms with Crippen molar-refractivity contribution in [2.75, 3.05) is 7.11 Å². The van der Waals surface area contributed by atoms with Crippen LogP contribution in [0.1, 0.15) is 11.1 Å². The molecule has 0 atom stereocenters. The van der Waals surface area contributed by atoms with Gasteiger partial charge in [-0.05, 0) is 30.3 Å². The molecule has 0 amide bonds. The maximum Gasteiger partial charge on any atom is 0.122 e. The molecule has 0 saturated heterocycles. The Balaban J connectivity index is 2.15. The van der Waals surface area contributed by atoms with Crippen LogP contribution >= 0.6 is 11.8 Å². The zero-order chi connectivity index (χ0) is 12.8. The number of thioether (sulfide) groups is 1. The highest BCUT2D eigenvalue weighted by molar-refractivity contribution is 7.98. The summed E-state index contributed by atoms with van der Waals surface area (Å²) < 4.78 is 5.30. The normalized spacial score (nSPS) is 9.78. The fraction of sp³-hybridized carbons (Fsp3) is 0.143. The number of aromatic nitrogens is 1. The van der Waals surface area contributed by atoms with E-state index in [0.717, 1.165) is 22.0 Å². The van der Waals surface area contributed by atoms with Gasteiger partial charge in [0.15, 0.2) is 0 Å². The molecule has 0 saturated carbocycles. The topological polar surface area (TPSA) is 45.9 Å². The van der Waals surface area contributed by atoms with E-state index in [9.17, 15) is 0 Å². The number of ether oxygens (including phenoxy) is 1. The highest BCUT2D eigenvalue weighted by Gasteiger charge is 2.05. The van der Waals surface area contributed by atoms with Crippen molar-refractivity contribution in [2.45, 2.75) is 10.6 Å². The maximum atomic E-state index is 8.91. The fourth-order valence-corrected chi connectivity index (χ4v) is 2.42. The standard InChI is InChI=1S/C14H12N2OS/c1-17-14-3-2-11(9-15)8-12(14)10-18-13-4-6-16-7-5-13/h2-8H,10H2,1H3. The molecule has 0 aliphatic rings. The van der Waals surface area contributed by atoms with E-state index >= 15 is 0 Å². The van der Waals surface area contributed by atoms with Crippen molar-refractivity contribution >= 4 is 11.8 Å². The van der Waals surface area contributed by atoms with Gasteiger partial charge in [-0.15, -0.1) is 11.8 Å². The van der Waals surface area contributed by atoms with Gasteiger partial charge >= 0.3 is 0 Å². The van der Waals surface area contributed by atoms with Gasteiger partial charge in [-0.25, -0.2) is 0 Å². The summed E-state index contributed by atoms with van der Waals surface area (Å²) in [6.07, 6.45) is 3.54. The van der Waals surface area contributed by atoms with Gasteiger partial charge in [-0.1, -0.05) is 0 Å². The molecule has 1 heterocycles. The largest absolute Gasteiger partial charge is 0.496 e. The van der Waals surface area contributed by atoms with Crippen molar-refractivity contribution in [3.63, 3.8) is 0 Å². The molecule has 0 N–H and O–H groups in total. The second-order valence-corrected chi connectivity index (χ2v) is 4.66. The van der Waals surface area contributed by atoms with E-state index in [1.54, 1.807) is 37.3 Å². The summed E-state index contributed by atoms with van der Waals surface area (Å²) in [6, 6.07) is 11.5. The quantitative estimate of drug-likeness (QED) is 0.788. The van der Waals surface area contributed by atoms with Crippen molar-refractivity contribution in [1.29, 1.82) is 5.26 Å². The Hall–Kier alpha value is -1.99. The molecule has 4 heteroatoms. The lowest BCUT2D eigenvalue weighted by Crippen LogP contribution is -1.91. The van der Waals surface area contributed by atoms with E-state index in [4.69, 9.17) is 10.00 Å². The van der Waals surface area contributed by atoms with Crippen LogP contribution < -0.4 is 4.74 Å². The van der Waals surface area contributed by atoms with Crippen molar-refractivity contribution < 1.29 is 4.74 Å². The first-order chi connectivity index (χ1) is 8.83. The minimum absolute atomic E-state index is 0.654. The van der Waals surface area contributed by atoms with Crippen LogP contribution in [0.4, 0.5) is 0 Å². The first-order valence-corrected chi connectivity index (χ1v) is 6.42. The highest BCUT2D eigenvalue weighted by Crippen LogP contribution is 2.28. The molecular weight excluding hydrogens is 244 g/mol. The lowest BCUT2D eigenvalue weighted by atomic mass is 10.1. The molecule has 0 unspecified atom stereocenters. The summed E-state index contributed by atoms with van der Waals surface area (Å²) >= 11 is 1.69. The number of hydrogen-bond donors (Lipinski definition) is 0. The van der Waals surface area contributed by atoms with Gasteiger partial charge in [0.1, 0.15) is 5.75 Å². The Kier molecular flexibility index (Phi) is 4.21. The zero-order valence-corrected chi connectivity index (χ0v) is 10.8. The number of rotatable bonds is 4. The van der Waals surface area contributed by atoms with E-state index < -0.39 is 0 Å². The van der Waals surface area contributed by atoms with E-state index in [1.807, 2.05) is 24.3 Å². The Bertz CT molecular complexity index is 564. The van der Waals surface area contributed by atoms with Gasteiger partial charge in [-0.3, -0.25) is 4.98 Å². The van der Waals surface area contributed by atoms with Crippen LogP contribution in [0.2, 0.25) is 0 Å². The molecule has 2 rings (SSSR count). The number of benzene rings is 1. The summed E-state index contributed by atoms with van der Waals surface area (Å²) in [5, 5.41) is 8.91. The van der Waals surface area contributed by atoms with Crippen LogP contribution in [0, 0.1) is 11.3 Å². The molecule has 0 bridgehead atoms. The minimum Gasteiger partial charge on any atom is -0.496 e. The molecule has 18 heavy (non-hydrogen) atoms. The Morgan fingerprint density at radius 2 is 2.06 bits per heavy atom.